The zero-order valence-corrected chi connectivity index (χ0v) is 11.6. The first kappa shape index (κ1) is 13.9. The van der Waals surface area contributed by atoms with Gasteiger partial charge in [-0.2, -0.15) is 0 Å². The summed E-state index contributed by atoms with van der Waals surface area (Å²) in [6, 6.07) is 2.03. The van der Waals surface area contributed by atoms with E-state index in [0.717, 1.165) is 30.6 Å². The molecule has 6 heteroatoms. The minimum absolute atomic E-state index is 0.0168. The van der Waals surface area contributed by atoms with Crippen molar-refractivity contribution in [3.8, 4) is 0 Å². The second-order valence-corrected chi connectivity index (χ2v) is 5.85. The standard InChI is InChI=1S/C13H19N3O2S/c14-12(16-18)6-1-2-7-15-13(17)11-8-9-4-3-5-10(9)19-11/h8,18H,1-7H2,(H2,14,16)(H,15,17). The van der Waals surface area contributed by atoms with E-state index in [4.69, 9.17) is 10.9 Å². The summed E-state index contributed by atoms with van der Waals surface area (Å²) >= 11 is 1.62. The first-order chi connectivity index (χ1) is 9.20. The maximum absolute atomic E-state index is 11.9. The quantitative estimate of drug-likeness (QED) is 0.244. The highest BCUT2D eigenvalue weighted by Crippen LogP contribution is 2.30. The van der Waals surface area contributed by atoms with Crippen molar-refractivity contribution in [3.05, 3.63) is 21.4 Å². The molecule has 0 spiro atoms. The summed E-state index contributed by atoms with van der Waals surface area (Å²) in [6.07, 6.45) is 5.63. The lowest BCUT2D eigenvalue weighted by Crippen LogP contribution is -2.24. The molecule has 0 radical (unpaired) electrons. The van der Waals surface area contributed by atoms with Crippen molar-refractivity contribution in [3.63, 3.8) is 0 Å². The van der Waals surface area contributed by atoms with Crippen LogP contribution in [0.3, 0.4) is 0 Å². The molecule has 1 aliphatic rings. The molecule has 1 aromatic heterocycles. The Bertz CT molecular complexity index is 461. The Morgan fingerprint density at radius 1 is 1.47 bits per heavy atom. The van der Waals surface area contributed by atoms with Gasteiger partial charge in [-0.25, -0.2) is 0 Å². The van der Waals surface area contributed by atoms with Gasteiger partial charge in [0.1, 0.15) is 5.84 Å². The maximum atomic E-state index is 11.9. The molecule has 1 heterocycles. The van der Waals surface area contributed by atoms with Crippen LogP contribution >= 0.6 is 11.3 Å². The SMILES string of the molecule is NC(CCCCNC(=O)c1cc2c(s1)CCC2)=NO. The molecule has 0 unspecified atom stereocenters. The van der Waals surface area contributed by atoms with Crippen molar-refractivity contribution < 1.29 is 10.0 Å². The molecular weight excluding hydrogens is 262 g/mol. The van der Waals surface area contributed by atoms with Gasteiger partial charge in [0.05, 0.1) is 4.88 Å². The summed E-state index contributed by atoms with van der Waals surface area (Å²) in [5.41, 5.74) is 6.71. The van der Waals surface area contributed by atoms with E-state index in [2.05, 4.69) is 10.5 Å². The molecule has 0 saturated heterocycles. The van der Waals surface area contributed by atoms with E-state index < -0.39 is 0 Å². The van der Waals surface area contributed by atoms with Crippen LogP contribution in [0.5, 0.6) is 0 Å². The summed E-state index contributed by atoms with van der Waals surface area (Å²) in [5, 5.41) is 14.2. The van der Waals surface area contributed by atoms with Crippen LogP contribution in [0.15, 0.2) is 11.2 Å². The molecule has 0 atom stereocenters. The van der Waals surface area contributed by atoms with E-state index in [1.165, 1.54) is 16.9 Å². The van der Waals surface area contributed by atoms with Gasteiger partial charge in [-0.05, 0) is 43.7 Å². The minimum Gasteiger partial charge on any atom is -0.409 e. The van der Waals surface area contributed by atoms with Crippen LogP contribution in [0.25, 0.3) is 0 Å². The summed E-state index contributed by atoms with van der Waals surface area (Å²) in [4.78, 5) is 14.1. The topological polar surface area (TPSA) is 87.7 Å². The van der Waals surface area contributed by atoms with Crippen LogP contribution < -0.4 is 11.1 Å². The number of nitrogens with one attached hydrogen (secondary N) is 1. The Labute approximate surface area is 116 Å². The van der Waals surface area contributed by atoms with Crippen LogP contribution in [0.2, 0.25) is 0 Å². The molecule has 1 amide bonds. The number of amides is 1. The number of rotatable bonds is 6. The largest absolute Gasteiger partial charge is 0.409 e. The Morgan fingerprint density at radius 2 is 2.32 bits per heavy atom. The number of amidine groups is 1. The summed E-state index contributed by atoms with van der Waals surface area (Å²) in [7, 11) is 0. The third-order valence-electron chi connectivity index (χ3n) is 3.24. The minimum atomic E-state index is 0.0168. The number of carbonyl (C=O) groups is 1. The fourth-order valence-electron chi connectivity index (χ4n) is 2.21. The lowest BCUT2D eigenvalue weighted by molar-refractivity contribution is 0.0957. The zero-order valence-electron chi connectivity index (χ0n) is 10.8. The van der Waals surface area contributed by atoms with Gasteiger partial charge in [-0.15, -0.1) is 11.3 Å². The smallest absolute Gasteiger partial charge is 0.261 e. The van der Waals surface area contributed by atoms with E-state index in [1.807, 2.05) is 6.07 Å². The average Bonchev–Trinajstić information content (AvgIpc) is 2.98. The molecule has 1 aliphatic carbocycles. The number of nitrogens with two attached hydrogens (primary N) is 1. The molecule has 0 fully saturated rings. The van der Waals surface area contributed by atoms with Crippen LogP contribution in [0.1, 0.15) is 45.8 Å². The molecular formula is C13H19N3O2S. The molecule has 0 bridgehead atoms. The zero-order chi connectivity index (χ0) is 13.7. The Hall–Kier alpha value is -1.56. The highest BCUT2D eigenvalue weighted by molar-refractivity contribution is 7.14. The summed E-state index contributed by atoms with van der Waals surface area (Å²) in [5.74, 6) is 0.254. The van der Waals surface area contributed by atoms with Gasteiger partial charge in [-0.1, -0.05) is 5.16 Å². The number of nitrogens with zero attached hydrogens (tertiary/aromatic N) is 1. The van der Waals surface area contributed by atoms with Gasteiger partial charge in [0.2, 0.25) is 0 Å². The van der Waals surface area contributed by atoms with Crippen molar-refractivity contribution in [2.75, 3.05) is 6.54 Å². The van der Waals surface area contributed by atoms with Crippen LogP contribution in [-0.2, 0) is 12.8 Å². The third-order valence-corrected chi connectivity index (χ3v) is 4.48. The van der Waals surface area contributed by atoms with E-state index in [0.29, 0.717) is 13.0 Å². The number of thiophene rings is 1. The molecule has 0 aliphatic heterocycles. The molecule has 2 rings (SSSR count). The van der Waals surface area contributed by atoms with Gasteiger partial charge < -0.3 is 16.3 Å². The van der Waals surface area contributed by atoms with Gasteiger partial charge in [0.25, 0.3) is 5.91 Å². The lowest BCUT2D eigenvalue weighted by Gasteiger charge is -2.03. The Morgan fingerprint density at radius 3 is 3.05 bits per heavy atom. The number of carbonyl (C=O) groups excluding carboxylic acids is 1. The van der Waals surface area contributed by atoms with Gasteiger partial charge in [0.15, 0.2) is 0 Å². The number of aryl methyl sites for hydroxylation is 2. The van der Waals surface area contributed by atoms with Gasteiger partial charge in [0, 0.05) is 17.8 Å². The first-order valence-corrected chi connectivity index (χ1v) is 7.38. The summed E-state index contributed by atoms with van der Waals surface area (Å²) < 4.78 is 0. The second-order valence-electron chi connectivity index (χ2n) is 4.72. The Balaban J connectivity index is 1.69. The fourth-order valence-corrected chi connectivity index (χ4v) is 3.38. The van der Waals surface area contributed by atoms with Crippen molar-refractivity contribution >= 4 is 23.1 Å². The molecule has 104 valence electrons. The average molecular weight is 281 g/mol. The lowest BCUT2D eigenvalue weighted by atomic mass is 10.2. The molecule has 5 nitrogen and oxygen atoms in total. The van der Waals surface area contributed by atoms with Gasteiger partial charge >= 0.3 is 0 Å². The van der Waals surface area contributed by atoms with E-state index in [-0.39, 0.29) is 11.7 Å². The van der Waals surface area contributed by atoms with Crippen LogP contribution in [-0.4, -0.2) is 23.5 Å². The van der Waals surface area contributed by atoms with E-state index >= 15 is 0 Å². The molecule has 0 aromatic carbocycles. The number of oxime groups is 1. The third kappa shape index (κ3) is 3.70. The monoisotopic (exact) mass is 281 g/mol. The molecule has 0 saturated carbocycles. The van der Waals surface area contributed by atoms with Crippen molar-refractivity contribution in [2.45, 2.75) is 38.5 Å². The predicted octanol–water partition coefficient (Wildman–Crippen LogP) is 1.88. The number of unbranched alkanes of at least 4 members (excludes halogenated alkanes) is 1. The first-order valence-electron chi connectivity index (χ1n) is 6.57. The molecule has 19 heavy (non-hydrogen) atoms. The highest BCUT2D eigenvalue weighted by atomic mass is 32.1. The fraction of sp³-hybridized carbons (Fsp3) is 0.538. The van der Waals surface area contributed by atoms with Crippen molar-refractivity contribution in [1.82, 2.24) is 5.32 Å². The van der Waals surface area contributed by atoms with E-state index in [1.54, 1.807) is 11.3 Å². The number of fused-ring (bicyclic) bond motifs is 1. The maximum Gasteiger partial charge on any atom is 0.261 e. The predicted molar refractivity (Wildman–Crippen MR) is 75.9 cm³/mol. The van der Waals surface area contributed by atoms with Crippen molar-refractivity contribution in [2.24, 2.45) is 10.9 Å². The number of hydrogen-bond acceptors (Lipinski definition) is 4. The normalized spacial score (nSPS) is 14.4. The van der Waals surface area contributed by atoms with Crippen molar-refractivity contribution in [1.29, 1.82) is 0 Å². The number of hydrogen-bond donors (Lipinski definition) is 3. The Kier molecular flexibility index (Phi) is 4.79. The highest BCUT2D eigenvalue weighted by Gasteiger charge is 2.17. The molecule has 1 aromatic rings. The molecule has 4 N–H and O–H groups in total. The second kappa shape index (κ2) is 6.56. The van der Waals surface area contributed by atoms with Crippen LogP contribution in [0.4, 0.5) is 0 Å². The van der Waals surface area contributed by atoms with E-state index in [9.17, 15) is 4.79 Å². The van der Waals surface area contributed by atoms with Crippen LogP contribution in [0, 0.1) is 0 Å². The summed E-state index contributed by atoms with van der Waals surface area (Å²) in [6.45, 7) is 0.625. The van der Waals surface area contributed by atoms with Gasteiger partial charge in [-0.3, -0.25) is 4.79 Å².